The van der Waals surface area contributed by atoms with Crippen LogP contribution in [0.4, 0.5) is 18.9 Å². The van der Waals surface area contributed by atoms with Gasteiger partial charge < -0.3 is 5.73 Å². The standard InChI is InChI=1S/C12H7F3N4/c13-8-3-6(4-9(14)11(8)15)12-18-17-10-2-1-7(16)5-19(10)12/h1-5H,16H2. The second-order valence-electron chi connectivity index (χ2n) is 3.97. The summed E-state index contributed by atoms with van der Waals surface area (Å²) in [6.07, 6.45) is 1.52. The molecular formula is C12H7F3N4. The van der Waals surface area contributed by atoms with Gasteiger partial charge in [0.05, 0.1) is 0 Å². The van der Waals surface area contributed by atoms with Crippen molar-refractivity contribution in [3.63, 3.8) is 0 Å². The van der Waals surface area contributed by atoms with Crippen molar-refractivity contribution in [2.24, 2.45) is 0 Å². The Morgan fingerprint density at radius 2 is 1.68 bits per heavy atom. The fourth-order valence-electron chi connectivity index (χ4n) is 1.79. The summed E-state index contributed by atoms with van der Waals surface area (Å²) in [5.41, 5.74) is 6.62. The van der Waals surface area contributed by atoms with Gasteiger partial charge >= 0.3 is 0 Å². The van der Waals surface area contributed by atoms with Gasteiger partial charge in [0.1, 0.15) is 0 Å². The summed E-state index contributed by atoms with van der Waals surface area (Å²) in [4.78, 5) is 0. The summed E-state index contributed by atoms with van der Waals surface area (Å²) in [6, 6.07) is 4.96. The Bertz CT molecular complexity index is 759. The van der Waals surface area contributed by atoms with Crippen LogP contribution in [0.2, 0.25) is 0 Å². The van der Waals surface area contributed by atoms with Crippen LogP contribution < -0.4 is 5.73 Å². The molecule has 2 aromatic heterocycles. The molecule has 0 bridgehead atoms. The lowest BCUT2D eigenvalue weighted by atomic mass is 10.2. The Balaban J connectivity index is 2.27. The maximum Gasteiger partial charge on any atom is 0.194 e. The topological polar surface area (TPSA) is 56.2 Å². The predicted octanol–water partition coefficient (Wildman–Crippen LogP) is 2.40. The molecule has 0 saturated heterocycles. The molecule has 4 nitrogen and oxygen atoms in total. The molecule has 7 heteroatoms. The molecule has 0 atom stereocenters. The van der Waals surface area contributed by atoms with E-state index in [1.807, 2.05) is 0 Å². The lowest BCUT2D eigenvalue weighted by Crippen LogP contribution is -1.96. The molecule has 3 aromatic rings. The van der Waals surface area contributed by atoms with Crippen molar-refractivity contribution in [2.75, 3.05) is 5.73 Å². The van der Waals surface area contributed by atoms with E-state index in [1.54, 1.807) is 12.1 Å². The Hall–Kier alpha value is -2.57. The summed E-state index contributed by atoms with van der Waals surface area (Å²) in [7, 11) is 0. The fraction of sp³-hybridized carbons (Fsp3) is 0. The zero-order valence-electron chi connectivity index (χ0n) is 9.44. The highest BCUT2D eigenvalue weighted by Gasteiger charge is 2.15. The number of anilines is 1. The normalized spacial score (nSPS) is 11.1. The van der Waals surface area contributed by atoms with Crippen molar-refractivity contribution < 1.29 is 13.2 Å². The molecule has 0 radical (unpaired) electrons. The average Bonchev–Trinajstić information content (AvgIpc) is 2.78. The quantitative estimate of drug-likeness (QED) is 0.686. The van der Waals surface area contributed by atoms with Gasteiger partial charge in [-0.25, -0.2) is 13.2 Å². The first-order chi connectivity index (χ1) is 9.06. The minimum atomic E-state index is -1.52. The highest BCUT2D eigenvalue weighted by atomic mass is 19.2. The monoisotopic (exact) mass is 264 g/mol. The molecular weight excluding hydrogens is 257 g/mol. The van der Waals surface area contributed by atoms with E-state index in [1.165, 1.54) is 10.6 Å². The SMILES string of the molecule is Nc1ccc2nnc(-c3cc(F)c(F)c(F)c3)n2c1. The van der Waals surface area contributed by atoms with Crippen molar-refractivity contribution in [2.45, 2.75) is 0 Å². The largest absolute Gasteiger partial charge is 0.398 e. The van der Waals surface area contributed by atoms with Crippen LogP contribution in [-0.4, -0.2) is 14.6 Å². The van der Waals surface area contributed by atoms with Gasteiger partial charge in [0, 0.05) is 17.4 Å². The molecule has 0 aliphatic carbocycles. The summed E-state index contributed by atoms with van der Waals surface area (Å²) in [5.74, 6) is -3.90. The Labute approximate surface area is 105 Å². The highest BCUT2D eigenvalue weighted by molar-refractivity contribution is 5.61. The summed E-state index contributed by atoms with van der Waals surface area (Å²) in [5, 5.41) is 7.66. The number of pyridine rings is 1. The van der Waals surface area contributed by atoms with Crippen molar-refractivity contribution in [1.29, 1.82) is 0 Å². The Morgan fingerprint density at radius 3 is 2.37 bits per heavy atom. The molecule has 19 heavy (non-hydrogen) atoms. The average molecular weight is 264 g/mol. The third-order valence-electron chi connectivity index (χ3n) is 2.67. The number of nitrogens with two attached hydrogens (primary N) is 1. The molecule has 0 saturated carbocycles. The second-order valence-corrected chi connectivity index (χ2v) is 3.97. The number of hydrogen-bond donors (Lipinski definition) is 1. The smallest absolute Gasteiger partial charge is 0.194 e. The van der Waals surface area contributed by atoms with E-state index < -0.39 is 17.5 Å². The van der Waals surface area contributed by atoms with Crippen molar-refractivity contribution in [3.8, 4) is 11.4 Å². The number of halogens is 3. The van der Waals surface area contributed by atoms with E-state index in [9.17, 15) is 13.2 Å². The molecule has 0 aliphatic rings. The maximum absolute atomic E-state index is 13.2. The van der Waals surface area contributed by atoms with Crippen molar-refractivity contribution >= 4 is 11.3 Å². The van der Waals surface area contributed by atoms with Crippen LogP contribution in [0.25, 0.3) is 17.0 Å². The molecule has 96 valence electrons. The summed E-state index contributed by atoms with van der Waals surface area (Å²) >= 11 is 0. The van der Waals surface area contributed by atoms with Gasteiger partial charge in [0.15, 0.2) is 28.9 Å². The van der Waals surface area contributed by atoms with Crippen LogP contribution >= 0.6 is 0 Å². The van der Waals surface area contributed by atoms with Gasteiger partial charge in [-0.2, -0.15) is 0 Å². The summed E-state index contributed by atoms with van der Waals surface area (Å²) in [6.45, 7) is 0. The lowest BCUT2D eigenvalue weighted by molar-refractivity contribution is 0.447. The fourth-order valence-corrected chi connectivity index (χ4v) is 1.79. The van der Waals surface area contributed by atoms with Gasteiger partial charge in [0.25, 0.3) is 0 Å². The minimum absolute atomic E-state index is 0.0782. The van der Waals surface area contributed by atoms with Crippen LogP contribution in [0, 0.1) is 17.5 Å². The maximum atomic E-state index is 13.2. The van der Waals surface area contributed by atoms with E-state index in [0.29, 0.717) is 11.3 Å². The number of fused-ring (bicyclic) bond motifs is 1. The van der Waals surface area contributed by atoms with Crippen LogP contribution in [0.15, 0.2) is 30.5 Å². The van der Waals surface area contributed by atoms with Crippen LogP contribution in [0.3, 0.4) is 0 Å². The number of rotatable bonds is 1. The lowest BCUT2D eigenvalue weighted by Gasteiger charge is -2.03. The van der Waals surface area contributed by atoms with E-state index in [2.05, 4.69) is 10.2 Å². The molecule has 2 heterocycles. The molecule has 0 unspecified atom stereocenters. The highest BCUT2D eigenvalue weighted by Crippen LogP contribution is 2.23. The molecule has 1 aromatic carbocycles. The van der Waals surface area contributed by atoms with Crippen LogP contribution in [0.5, 0.6) is 0 Å². The first-order valence-electron chi connectivity index (χ1n) is 5.31. The predicted molar refractivity (Wildman–Crippen MR) is 62.7 cm³/mol. The van der Waals surface area contributed by atoms with Gasteiger partial charge in [-0.1, -0.05) is 0 Å². The summed E-state index contributed by atoms with van der Waals surface area (Å²) < 4.78 is 40.8. The molecule has 0 amide bonds. The zero-order chi connectivity index (χ0) is 13.6. The van der Waals surface area contributed by atoms with Crippen molar-refractivity contribution in [3.05, 3.63) is 47.9 Å². The zero-order valence-corrected chi connectivity index (χ0v) is 9.44. The van der Waals surface area contributed by atoms with Gasteiger partial charge in [-0.3, -0.25) is 4.40 Å². The van der Waals surface area contributed by atoms with Gasteiger partial charge in [0.2, 0.25) is 0 Å². The van der Waals surface area contributed by atoms with E-state index in [4.69, 9.17) is 5.73 Å². The molecule has 0 aliphatic heterocycles. The molecule has 0 fully saturated rings. The number of aromatic nitrogens is 3. The second kappa shape index (κ2) is 3.98. The number of nitrogens with zero attached hydrogens (tertiary/aromatic N) is 3. The first kappa shape index (κ1) is 11.5. The molecule has 2 N–H and O–H groups in total. The van der Waals surface area contributed by atoms with E-state index in [0.717, 1.165) is 12.1 Å². The number of hydrogen-bond acceptors (Lipinski definition) is 3. The van der Waals surface area contributed by atoms with Gasteiger partial charge in [-0.05, 0) is 24.3 Å². The van der Waals surface area contributed by atoms with Crippen molar-refractivity contribution in [1.82, 2.24) is 14.6 Å². The third-order valence-corrected chi connectivity index (χ3v) is 2.67. The van der Waals surface area contributed by atoms with Crippen LogP contribution in [0.1, 0.15) is 0 Å². The Morgan fingerprint density at radius 1 is 1.00 bits per heavy atom. The first-order valence-corrected chi connectivity index (χ1v) is 5.31. The number of benzene rings is 1. The minimum Gasteiger partial charge on any atom is -0.398 e. The van der Waals surface area contributed by atoms with E-state index >= 15 is 0 Å². The van der Waals surface area contributed by atoms with Gasteiger partial charge in [-0.15, -0.1) is 10.2 Å². The van der Waals surface area contributed by atoms with Crippen LogP contribution in [-0.2, 0) is 0 Å². The molecule has 3 rings (SSSR count). The Kier molecular flexibility index (Phi) is 2.41. The number of nitrogen functional groups attached to an aromatic ring is 1. The third kappa shape index (κ3) is 1.79. The van der Waals surface area contributed by atoms with E-state index in [-0.39, 0.29) is 11.4 Å². The molecule has 0 spiro atoms.